The zero-order valence-corrected chi connectivity index (χ0v) is 8.85. The standard InChI is InChI=1S/C12H15NO2/c1-2-3-9-15-12(14)13-10-11-7-5-4-6-8-11/h4-8,10H,2-3,9H2,1H3. The number of unbranched alkanes of at least 4 members (excludes halogenated alkanes) is 1. The summed E-state index contributed by atoms with van der Waals surface area (Å²) in [6, 6.07) is 9.45. The van der Waals surface area contributed by atoms with Gasteiger partial charge in [0.2, 0.25) is 0 Å². The highest BCUT2D eigenvalue weighted by Gasteiger charge is 1.96. The normalized spacial score (nSPS) is 10.5. The van der Waals surface area contributed by atoms with Crippen LogP contribution in [0.1, 0.15) is 25.3 Å². The lowest BCUT2D eigenvalue weighted by molar-refractivity contribution is 0.156. The molecule has 80 valence electrons. The predicted octanol–water partition coefficient (Wildman–Crippen LogP) is 3.04. The quantitative estimate of drug-likeness (QED) is 0.559. The topological polar surface area (TPSA) is 38.7 Å². The number of hydrogen-bond donors (Lipinski definition) is 0. The average molecular weight is 205 g/mol. The van der Waals surface area contributed by atoms with E-state index >= 15 is 0 Å². The van der Waals surface area contributed by atoms with Crippen LogP contribution in [0.4, 0.5) is 4.79 Å². The molecule has 0 bridgehead atoms. The fraction of sp³-hybridized carbons (Fsp3) is 0.333. The van der Waals surface area contributed by atoms with Crippen molar-refractivity contribution in [1.29, 1.82) is 0 Å². The van der Waals surface area contributed by atoms with E-state index in [0.717, 1.165) is 18.4 Å². The lowest BCUT2D eigenvalue weighted by Crippen LogP contribution is -2.00. The summed E-state index contributed by atoms with van der Waals surface area (Å²) in [7, 11) is 0. The largest absolute Gasteiger partial charge is 0.448 e. The average Bonchev–Trinajstić information content (AvgIpc) is 2.28. The molecule has 0 N–H and O–H groups in total. The highest BCUT2D eigenvalue weighted by Crippen LogP contribution is 1.95. The zero-order valence-electron chi connectivity index (χ0n) is 8.85. The summed E-state index contributed by atoms with van der Waals surface area (Å²) in [6.45, 7) is 2.49. The van der Waals surface area contributed by atoms with Crippen LogP contribution in [0.15, 0.2) is 35.3 Å². The number of ether oxygens (including phenoxy) is 1. The van der Waals surface area contributed by atoms with E-state index in [9.17, 15) is 4.79 Å². The fourth-order valence-electron chi connectivity index (χ4n) is 1.01. The third kappa shape index (κ3) is 4.96. The van der Waals surface area contributed by atoms with Gasteiger partial charge in [0.25, 0.3) is 0 Å². The van der Waals surface area contributed by atoms with Crippen LogP contribution in [0.25, 0.3) is 0 Å². The fourth-order valence-corrected chi connectivity index (χ4v) is 1.01. The molecule has 0 heterocycles. The summed E-state index contributed by atoms with van der Waals surface area (Å²) in [5.74, 6) is 0. The number of nitrogens with zero attached hydrogens (tertiary/aromatic N) is 1. The monoisotopic (exact) mass is 205 g/mol. The molecule has 0 aliphatic rings. The number of aliphatic imine (C=N–C) groups is 1. The summed E-state index contributed by atoms with van der Waals surface area (Å²) in [4.78, 5) is 14.8. The van der Waals surface area contributed by atoms with Crippen molar-refractivity contribution in [2.24, 2.45) is 4.99 Å². The van der Waals surface area contributed by atoms with Gasteiger partial charge in [0.1, 0.15) is 0 Å². The minimum Gasteiger partial charge on any atom is -0.448 e. The smallest absolute Gasteiger partial charge is 0.433 e. The number of carbonyl (C=O) groups is 1. The van der Waals surface area contributed by atoms with Crippen LogP contribution >= 0.6 is 0 Å². The van der Waals surface area contributed by atoms with Crippen molar-refractivity contribution in [2.75, 3.05) is 6.61 Å². The maximum Gasteiger partial charge on any atom is 0.433 e. The molecule has 1 aromatic carbocycles. The van der Waals surface area contributed by atoms with E-state index in [1.165, 1.54) is 6.21 Å². The van der Waals surface area contributed by atoms with Gasteiger partial charge in [-0.1, -0.05) is 43.7 Å². The zero-order chi connectivity index (χ0) is 10.9. The molecule has 0 unspecified atom stereocenters. The van der Waals surface area contributed by atoms with E-state index in [-0.39, 0.29) is 0 Å². The summed E-state index contributed by atoms with van der Waals surface area (Å²) in [5, 5.41) is 0. The molecule has 0 saturated carbocycles. The van der Waals surface area contributed by atoms with Crippen molar-refractivity contribution >= 4 is 12.3 Å². The van der Waals surface area contributed by atoms with E-state index in [4.69, 9.17) is 4.74 Å². The van der Waals surface area contributed by atoms with Crippen molar-refractivity contribution in [1.82, 2.24) is 0 Å². The van der Waals surface area contributed by atoms with Gasteiger partial charge in [-0.15, -0.1) is 0 Å². The maximum atomic E-state index is 11.1. The summed E-state index contributed by atoms with van der Waals surface area (Å²) in [6.07, 6.45) is 2.88. The second-order valence-corrected chi connectivity index (χ2v) is 3.14. The molecule has 0 aromatic heterocycles. The van der Waals surface area contributed by atoms with Crippen LogP contribution in [-0.2, 0) is 4.74 Å². The van der Waals surface area contributed by atoms with Gasteiger partial charge in [0.15, 0.2) is 0 Å². The number of hydrogen-bond acceptors (Lipinski definition) is 2. The Morgan fingerprint density at radius 1 is 1.40 bits per heavy atom. The number of rotatable bonds is 4. The van der Waals surface area contributed by atoms with Gasteiger partial charge >= 0.3 is 6.09 Å². The molecule has 0 aliphatic heterocycles. The van der Waals surface area contributed by atoms with Gasteiger partial charge in [-0.05, 0) is 12.0 Å². The molecule has 0 atom stereocenters. The first kappa shape index (κ1) is 11.4. The SMILES string of the molecule is CCCCOC(=O)N=Cc1ccccc1. The third-order valence-corrected chi connectivity index (χ3v) is 1.84. The van der Waals surface area contributed by atoms with Gasteiger partial charge in [0.05, 0.1) is 6.61 Å². The van der Waals surface area contributed by atoms with Crippen molar-refractivity contribution in [3.63, 3.8) is 0 Å². The summed E-state index contributed by atoms with van der Waals surface area (Å²) in [5.41, 5.74) is 0.893. The lowest BCUT2D eigenvalue weighted by atomic mass is 10.2. The Morgan fingerprint density at radius 2 is 2.13 bits per heavy atom. The molecule has 3 nitrogen and oxygen atoms in total. The van der Waals surface area contributed by atoms with Crippen LogP contribution in [0.3, 0.4) is 0 Å². The highest BCUT2D eigenvalue weighted by molar-refractivity contribution is 5.88. The Hall–Kier alpha value is -1.64. The predicted molar refractivity (Wildman–Crippen MR) is 60.3 cm³/mol. The van der Waals surface area contributed by atoms with Crippen LogP contribution in [0.5, 0.6) is 0 Å². The van der Waals surface area contributed by atoms with Crippen LogP contribution in [0.2, 0.25) is 0 Å². The number of amides is 1. The molecule has 1 rings (SSSR count). The number of benzene rings is 1. The Bertz CT molecular complexity index is 320. The summed E-state index contributed by atoms with van der Waals surface area (Å²) < 4.78 is 4.87. The van der Waals surface area contributed by atoms with Crippen molar-refractivity contribution in [3.05, 3.63) is 35.9 Å². The first-order valence-electron chi connectivity index (χ1n) is 5.09. The molecule has 15 heavy (non-hydrogen) atoms. The Labute approximate surface area is 89.8 Å². The van der Waals surface area contributed by atoms with E-state index in [1.54, 1.807) is 0 Å². The molecule has 0 fully saturated rings. The van der Waals surface area contributed by atoms with Gasteiger partial charge in [-0.25, -0.2) is 4.79 Å². The Balaban J connectivity index is 2.34. The molecule has 0 radical (unpaired) electrons. The minimum atomic E-state index is -0.521. The van der Waals surface area contributed by atoms with E-state index in [0.29, 0.717) is 6.61 Å². The molecule has 1 amide bonds. The second kappa shape index (κ2) is 6.76. The molecule has 0 aliphatic carbocycles. The number of carbonyl (C=O) groups excluding carboxylic acids is 1. The lowest BCUT2D eigenvalue weighted by Gasteiger charge is -1.98. The van der Waals surface area contributed by atoms with Gasteiger partial charge < -0.3 is 4.74 Å². The third-order valence-electron chi connectivity index (χ3n) is 1.84. The molecular formula is C12H15NO2. The van der Waals surface area contributed by atoms with E-state index < -0.39 is 6.09 Å². The van der Waals surface area contributed by atoms with Crippen molar-refractivity contribution < 1.29 is 9.53 Å². The minimum absolute atomic E-state index is 0.446. The van der Waals surface area contributed by atoms with Gasteiger partial charge in [0, 0.05) is 6.21 Å². The molecular weight excluding hydrogens is 190 g/mol. The van der Waals surface area contributed by atoms with Crippen LogP contribution in [0, 0.1) is 0 Å². The maximum absolute atomic E-state index is 11.1. The Kier molecular flexibility index (Phi) is 5.15. The summed E-state index contributed by atoms with van der Waals surface area (Å²) >= 11 is 0. The molecule has 1 aromatic rings. The van der Waals surface area contributed by atoms with Crippen LogP contribution in [-0.4, -0.2) is 18.9 Å². The molecule has 0 spiro atoms. The van der Waals surface area contributed by atoms with E-state index in [2.05, 4.69) is 4.99 Å². The van der Waals surface area contributed by atoms with Gasteiger partial charge in [-0.2, -0.15) is 4.99 Å². The van der Waals surface area contributed by atoms with Crippen molar-refractivity contribution in [3.8, 4) is 0 Å². The second-order valence-electron chi connectivity index (χ2n) is 3.14. The van der Waals surface area contributed by atoms with Crippen LogP contribution < -0.4 is 0 Å². The first-order valence-corrected chi connectivity index (χ1v) is 5.09. The molecule has 0 saturated heterocycles. The van der Waals surface area contributed by atoms with E-state index in [1.807, 2.05) is 37.3 Å². The molecule has 3 heteroatoms. The highest BCUT2D eigenvalue weighted by atomic mass is 16.5. The Morgan fingerprint density at radius 3 is 2.80 bits per heavy atom. The van der Waals surface area contributed by atoms with Gasteiger partial charge in [-0.3, -0.25) is 0 Å². The van der Waals surface area contributed by atoms with Crippen molar-refractivity contribution in [2.45, 2.75) is 19.8 Å². The first-order chi connectivity index (χ1) is 7.33.